The number of ketones is 1. The van der Waals surface area contributed by atoms with Crippen LogP contribution in [0.4, 0.5) is 5.82 Å². The van der Waals surface area contributed by atoms with Crippen molar-refractivity contribution in [1.29, 1.82) is 0 Å². The summed E-state index contributed by atoms with van der Waals surface area (Å²) in [6.07, 6.45) is 2.25. The lowest BCUT2D eigenvalue weighted by Gasteiger charge is -2.16. The van der Waals surface area contributed by atoms with Crippen molar-refractivity contribution in [3.05, 3.63) is 65.7 Å². The third-order valence-corrected chi connectivity index (χ3v) is 4.21. The average molecular weight is 379 g/mol. The van der Waals surface area contributed by atoms with Gasteiger partial charge in [0.05, 0.1) is 6.20 Å². The molecule has 2 unspecified atom stereocenters. The molecular formula is C19H17N5O4. The predicted octanol–water partition coefficient (Wildman–Crippen LogP) is 2.23. The lowest BCUT2D eigenvalue weighted by atomic mass is 10.0. The molecule has 0 radical (unpaired) electrons. The normalized spacial score (nSPS) is 18.0. The van der Waals surface area contributed by atoms with Crippen molar-refractivity contribution in [3.63, 3.8) is 0 Å². The van der Waals surface area contributed by atoms with Crippen LogP contribution in [0.3, 0.4) is 0 Å². The van der Waals surface area contributed by atoms with Crippen LogP contribution < -0.4 is 5.32 Å². The standard InChI is InChI=1S/C19H17N5O4/c1-12(25)15-8-7-14(28-15)10-24-21-9-16(23-24)22-19(26)17-18(27-11-20-17)13-5-3-2-4-6-13/h2-9,11,17-18H,10H2,1H3,(H,22,23,26). The molecule has 142 valence electrons. The van der Waals surface area contributed by atoms with Crippen LogP contribution >= 0.6 is 0 Å². The number of Topliss-reactive ketones (excluding diaryl/α,β-unsaturated/α-hetero) is 1. The van der Waals surface area contributed by atoms with Crippen LogP contribution in [0.2, 0.25) is 0 Å². The van der Waals surface area contributed by atoms with Gasteiger partial charge in [0.25, 0.3) is 5.91 Å². The van der Waals surface area contributed by atoms with Crippen LogP contribution in [-0.2, 0) is 16.1 Å². The summed E-state index contributed by atoms with van der Waals surface area (Å²) >= 11 is 0. The van der Waals surface area contributed by atoms with E-state index in [9.17, 15) is 9.59 Å². The number of hydrogen-bond donors (Lipinski definition) is 1. The number of aliphatic imine (C=N–C) groups is 1. The zero-order valence-corrected chi connectivity index (χ0v) is 15.0. The van der Waals surface area contributed by atoms with E-state index in [1.807, 2.05) is 30.3 Å². The minimum absolute atomic E-state index is 0.153. The van der Waals surface area contributed by atoms with Crippen molar-refractivity contribution in [1.82, 2.24) is 15.0 Å². The minimum Gasteiger partial charge on any atom is -0.473 e. The SMILES string of the molecule is CC(=O)c1ccc(Cn2ncc(NC(=O)C3N=COC3c3ccccc3)n2)o1. The first-order chi connectivity index (χ1) is 13.6. The molecule has 0 bridgehead atoms. The van der Waals surface area contributed by atoms with E-state index in [1.165, 1.54) is 24.3 Å². The average Bonchev–Trinajstić information content (AvgIpc) is 3.43. The second-order valence-electron chi connectivity index (χ2n) is 6.24. The first kappa shape index (κ1) is 17.7. The summed E-state index contributed by atoms with van der Waals surface area (Å²) in [4.78, 5) is 29.4. The molecule has 0 fully saturated rings. The molecule has 9 heteroatoms. The quantitative estimate of drug-likeness (QED) is 0.658. The molecule has 1 aliphatic rings. The van der Waals surface area contributed by atoms with Gasteiger partial charge in [-0.2, -0.15) is 9.90 Å². The van der Waals surface area contributed by atoms with E-state index in [0.29, 0.717) is 5.76 Å². The van der Waals surface area contributed by atoms with Gasteiger partial charge in [0.15, 0.2) is 35.9 Å². The Morgan fingerprint density at radius 1 is 1.18 bits per heavy atom. The molecule has 1 aromatic carbocycles. The van der Waals surface area contributed by atoms with Crippen molar-refractivity contribution in [3.8, 4) is 0 Å². The Balaban J connectivity index is 1.41. The van der Waals surface area contributed by atoms with Crippen LogP contribution in [0, 0.1) is 0 Å². The van der Waals surface area contributed by atoms with Crippen LogP contribution in [0.25, 0.3) is 0 Å². The fraction of sp³-hybridized carbons (Fsp3) is 0.211. The maximum absolute atomic E-state index is 12.6. The number of carbonyl (C=O) groups excluding carboxylic acids is 2. The van der Waals surface area contributed by atoms with Crippen molar-refractivity contribution < 1.29 is 18.7 Å². The van der Waals surface area contributed by atoms with E-state index >= 15 is 0 Å². The van der Waals surface area contributed by atoms with Gasteiger partial charge < -0.3 is 14.5 Å². The zero-order valence-electron chi connectivity index (χ0n) is 15.0. The fourth-order valence-electron chi connectivity index (χ4n) is 2.85. The molecule has 3 aromatic rings. The lowest BCUT2D eigenvalue weighted by molar-refractivity contribution is -0.118. The molecule has 2 aromatic heterocycles. The van der Waals surface area contributed by atoms with E-state index in [1.54, 1.807) is 12.1 Å². The number of carbonyl (C=O) groups is 2. The number of rotatable bonds is 6. The Morgan fingerprint density at radius 3 is 2.75 bits per heavy atom. The molecule has 28 heavy (non-hydrogen) atoms. The topological polar surface area (TPSA) is 112 Å². The van der Waals surface area contributed by atoms with Crippen LogP contribution in [-0.4, -0.2) is 39.1 Å². The van der Waals surface area contributed by atoms with Crippen LogP contribution in [0.15, 0.2) is 58.1 Å². The van der Waals surface area contributed by atoms with E-state index in [2.05, 4.69) is 20.5 Å². The summed E-state index contributed by atoms with van der Waals surface area (Å²) in [5, 5.41) is 11.0. The number of nitrogens with one attached hydrogen (secondary N) is 1. The first-order valence-corrected chi connectivity index (χ1v) is 8.63. The van der Waals surface area contributed by atoms with Gasteiger partial charge in [-0.15, -0.1) is 5.10 Å². The summed E-state index contributed by atoms with van der Waals surface area (Å²) in [7, 11) is 0. The van der Waals surface area contributed by atoms with E-state index in [4.69, 9.17) is 9.15 Å². The second kappa shape index (κ2) is 7.47. The number of hydrogen-bond acceptors (Lipinski definition) is 7. The Bertz CT molecular complexity index is 1020. The van der Waals surface area contributed by atoms with Crippen molar-refractivity contribution in [2.24, 2.45) is 4.99 Å². The molecule has 0 saturated heterocycles. The Morgan fingerprint density at radius 2 is 2.00 bits per heavy atom. The number of anilines is 1. The van der Waals surface area contributed by atoms with E-state index in [0.717, 1.165) is 5.56 Å². The summed E-state index contributed by atoms with van der Waals surface area (Å²) < 4.78 is 10.9. The van der Waals surface area contributed by atoms with Gasteiger partial charge >= 0.3 is 0 Å². The Kier molecular flexibility index (Phi) is 4.71. The molecular weight excluding hydrogens is 362 g/mol. The Labute approximate surface area is 160 Å². The maximum Gasteiger partial charge on any atom is 0.254 e. The molecule has 4 rings (SSSR count). The van der Waals surface area contributed by atoms with Gasteiger partial charge in [-0.1, -0.05) is 30.3 Å². The fourth-order valence-corrected chi connectivity index (χ4v) is 2.85. The second-order valence-corrected chi connectivity index (χ2v) is 6.24. The number of nitrogens with zero attached hydrogens (tertiary/aromatic N) is 4. The van der Waals surface area contributed by atoms with Crippen LogP contribution in [0.1, 0.15) is 34.9 Å². The highest BCUT2D eigenvalue weighted by Crippen LogP contribution is 2.27. The molecule has 0 saturated carbocycles. The van der Waals surface area contributed by atoms with E-state index < -0.39 is 12.1 Å². The molecule has 1 amide bonds. The van der Waals surface area contributed by atoms with Gasteiger partial charge in [0.1, 0.15) is 12.3 Å². The summed E-state index contributed by atoms with van der Waals surface area (Å²) in [6.45, 7) is 1.67. The summed E-state index contributed by atoms with van der Waals surface area (Å²) in [5.41, 5.74) is 0.864. The van der Waals surface area contributed by atoms with Gasteiger partial charge in [-0.3, -0.25) is 9.59 Å². The summed E-state index contributed by atoms with van der Waals surface area (Å²) in [5.74, 6) is 0.613. The van der Waals surface area contributed by atoms with Crippen molar-refractivity contribution >= 4 is 23.9 Å². The first-order valence-electron chi connectivity index (χ1n) is 8.63. The predicted molar refractivity (Wildman–Crippen MR) is 99.0 cm³/mol. The number of aromatic nitrogens is 3. The molecule has 9 nitrogen and oxygen atoms in total. The highest BCUT2D eigenvalue weighted by atomic mass is 16.5. The third kappa shape index (κ3) is 3.68. The highest BCUT2D eigenvalue weighted by molar-refractivity contribution is 5.96. The molecule has 3 heterocycles. The van der Waals surface area contributed by atoms with Gasteiger partial charge in [-0.05, 0) is 17.7 Å². The number of benzene rings is 1. The largest absolute Gasteiger partial charge is 0.473 e. The molecule has 2 atom stereocenters. The third-order valence-electron chi connectivity index (χ3n) is 4.21. The van der Waals surface area contributed by atoms with Crippen molar-refractivity contribution in [2.45, 2.75) is 25.6 Å². The van der Waals surface area contributed by atoms with Gasteiger partial charge in [0, 0.05) is 6.92 Å². The monoisotopic (exact) mass is 379 g/mol. The number of furan rings is 1. The molecule has 1 aliphatic heterocycles. The highest BCUT2D eigenvalue weighted by Gasteiger charge is 2.34. The molecule has 1 N–H and O–H groups in total. The van der Waals surface area contributed by atoms with Gasteiger partial charge in [-0.25, -0.2) is 4.99 Å². The molecule has 0 spiro atoms. The maximum atomic E-state index is 12.6. The number of ether oxygens (including phenoxy) is 1. The minimum atomic E-state index is -0.712. The van der Waals surface area contributed by atoms with E-state index in [-0.39, 0.29) is 29.8 Å². The van der Waals surface area contributed by atoms with Crippen molar-refractivity contribution in [2.75, 3.05) is 5.32 Å². The number of amides is 1. The lowest BCUT2D eigenvalue weighted by Crippen LogP contribution is -2.30. The van der Waals surface area contributed by atoms with Gasteiger partial charge in [0.2, 0.25) is 0 Å². The summed E-state index contributed by atoms with van der Waals surface area (Å²) in [6, 6.07) is 12.0. The molecule has 0 aliphatic carbocycles. The Hall–Kier alpha value is -3.75. The van der Waals surface area contributed by atoms with Crippen LogP contribution in [0.5, 0.6) is 0 Å². The smallest absolute Gasteiger partial charge is 0.254 e. The zero-order chi connectivity index (χ0) is 19.5.